The van der Waals surface area contributed by atoms with E-state index in [-0.39, 0.29) is 4.47 Å². The van der Waals surface area contributed by atoms with E-state index in [1.54, 1.807) is 0 Å². The van der Waals surface area contributed by atoms with E-state index in [9.17, 15) is 24.4 Å². The SMILES string of the molecule is O=C([O-])c1cc([N+](=O)[O-])c(F)cc1Br. The highest BCUT2D eigenvalue weighted by atomic mass is 79.9. The van der Waals surface area contributed by atoms with Crippen molar-refractivity contribution in [2.75, 3.05) is 0 Å². The van der Waals surface area contributed by atoms with E-state index in [2.05, 4.69) is 15.9 Å². The maximum atomic E-state index is 12.9. The molecule has 7 heteroatoms. The van der Waals surface area contributed by atoms with Crippen LogP contribution in [0, 0.1) is 15.9 Å². The minimum absolute atomic E-state index is 0.0967. The van der Waals surface area contributed by atoms with Crippen LogP contribution in [-0.2, 0) is 0 Å². The van der Waals surface area contributed by atoms with E-state index in [4.69, 9.17) is 0 Å². The Hall–Kier alpha value is -1.50. The number of halogens is 2. The van der Waals surface area contributed by atoms with Gasteiger partial charge in [-0.1, -0.05) is 0 Å². The lowest BCUT2D eigenvalue weighted by Crippen LogP contribution is -2.23. The van der Waals surface area contributed by atoms with Gasteiger partial charge in [0, 0.05) is 16.1 Å². The number of carboxylic acids is 1. The van der Waals surface area contributed by atoms with Crippen LogP contribution >= 0.6 is 15.9 Å². The van der Waals surface area contributed by atoms with Crippen LogP contribution in [0.25, 0.3) is 0 Å². The molecule has 0 radical (unpaired) electrons. The predicted octanol–water partition coefficient (Wildman–Crippen LogP) is 0.860. The molecule has 1 rings (SSSR count). The second kappa shape index (κ2) is 3.70. The largest absolute Gasteiger partial charge is 0.545 e. The van der Waals surface area contributed by atoms with Gasteiger partial charge in [-0.15, -0.1) is 0 Å². The summed E-state index contributed by atoms with van der Waals surface area (Å²) >= 11 is 2.75. The molecule has 14 heavy (non-hydrogen) atoms. The van der Waals surface area contributed by atoms with Crippen LogP contribution in [0.3, 0.4) is 0 Å². The van der Waals surface area contributed by atoms with Crippen molar-refractivity contribution in [1.82, 2.24) is 0 Å². The van der Waals surface area contributed by atoms with Gasteiger partial charge in [-0.2, -0.15) is 4.39 Å². The van der Waals surface area contributed by atoms with Crippen LogP contribution in [-0.4, -0.2) is 10.9 Å². The number of carbonyl (C=O) groups excluding carboxylic acids is 1. The molecule has 0 bridgehead atoms. The molecule has 0 spiro atoms. The zero-order chi connectivity index (χ0) is 10.9. The van der Waals surface area contributed by atoms with Gasteiger partial charge in [0.2, 0.25) is 5.82 Å². The summed E-state index contributed by atoms with van der Waals surface area (Å²) in [7, 11) is 0. The highest BCUT2D eigenvalue weighted by molar-refractivity contribution is 9.10. The van der Waals surface area contributed by atoms with E-state index in [0.29, 0.717) is 12.1 Å². The van der Waals surface area contributed by atoms with E-state index >= 15 is 0 Å². The van der Waals surface area contributed by atoms with E-state index < -0.39 is 28.0 Å². The second-order valence-electron chi connectivity index (χ2n) is 2.33. The van der Waals surface area contributed by atoms with Crippen molar-refractivity contribution >= 4 is 27.6 Å². The highest BCUT2D eigenvalue weighted by Gasteiger charge is 2.17. The van der Waals surface area contributed by atoms with Crippen molar-refractivity contribution in [2.45, 2.75) is 0 Å². The van der Waals surface area contributed by atoms with Crippen molar-refractivity contribution in [3.8, 4) is 0 Å². The number of benzene rings is 1. The van der Waals surface area contributed by atoms with Gasteiger partial charge in [-0.3, -0.25) is 10.1 Å². The van der Waals surface area contributed by atoms with Crippen molar-refractivity contribution < 1.29 is 19.2 Å². The number of aromatic carboxylic acids is 1. The topological polar surface area (TPSA) is 83.3 Å². The molecule has 0 unspecified atom stereocenters. The van der Waals surface area contributed by atoms with Crippen molar-refractivity contribution in [2.24, 2.45) is 0 Å². The summed E-state index contributed by atoms with van der Waals surface area (Å²) in [6.45, 7) is 0. The number of hydrogen-bond donors (Lipinski definition) is 0. The first-order valence-corrected chi connectivity index (χ1v) is 4.07. The first-order valence-electron chi connectivity index (χ1n) is 3.28. The maximum absolute atomic E-state index is 12.9. The van der Waals surface area contributed by atoms with E-state index in [1.165, 1.54) is 0 Å². The molecule has 0 fully saturated rings. The van der Waals surface area contributed by atoms with Gasteiger partial charge >= 0.3 is 5.69 Å². The zero-order valence-corrected chi connectivity index (χ0v) is 8.08. The number of nitrogens with zero attached hydrogens (tertiary/aromatic N) is 1. The van der Waals surface area contributed by atoms with Gasteiger partial charge in [0.05, 0.1) is 10.9 Å². The zero-order valence-electron chi connectivity index (χ0n) is 6.49. The third-order valence-corrected chi connectivity index (χ3v) is 2.11. The molecule has 0 saturated carbocycles. The van der Waals surface area contributed by atoms with Crippen LogP contribution in [0.2, 0.25) is 0 Å². The summed E-state index contributed by atoms with van der Waals surface area (Å²) in [5.41, 5.74) is -1.36. The number of nitro groups is 1. The lowest BCUT2D eigenvalue weighted by molar-refractivity contribution is -0.387. The minimum atomic E-state index is -1.61. The fourth-order valence-corrected chi connectivity index (χ4v) is 1.31. The molecular formula is C7H2BrFNO4-. The number of hydrogen-bond acceptors (Lipinski definition) is 4. The van der Waals surface area contributed by atoms with Crippen LogP contribution in [0.1, 0.15) is 10.4 Å². The average Bonchev–Trinajstić information content (AvgIpc) is 2.02. The summed E-state index contributed by atoms with van der Waals surface area (Å²) in [5.74, 6) is -2.72. The minimum Gasteiger partial charge on any atom is -0.545 e. The number of rotatable bonds is 2. The molecule has 1 aromatic carbocycles. The number of nitro benzene ring substituents is 1. The quantitative estimate of drug-likeness (QED) is 0.585. The molecule has 0 aliphatic carbocycles. The van der Waals surface area contributed by atoms with Crippen LogP contribution in [0.15, 0.2) is 16.6 Å². The average molecular weight is 263 g/mol. The fourth-order valence-electron chi connectivity index (χ4n) is 0.834. The third-order valence-electron chi connectivity index (χ3n) is 1.45. The van der Waals surface area contributed by atoms with Crippen LogP contribution < -0.4 is 5.11 Å². The van der Waals surface area contributed by atoms with Crippen molar-refractivity contribution in [3.63, 3.8) is 0 Å². The van der Waals surface area contributed by atoms with Gasteiger partial charge in [0.25, 0.3) is 0 Å². The monoisotopic (exact) mass is 262 g/mol. The summed E-state index contributed by atoms with van der Waals surface area (Å²) in [4.78, 5) is 19.7. The lowest BCUT2D eigenvalue weighted by atomic mass is 10.2. The Morgan fingerprint density at radius 3 is 2.50 bits per heavy atom. The Morgan fingerprint density at radius 1 is 1.50 bits per heavy atom. The molecule has 0 heterocycles. The summed E-state index contributed by atoms with van der Waals surface area (Å²) in [6, 6.07) is 1.32. The van der Waals surface area contributed by atoms with Crippen LogP contribution in [0.4, 0.5) is 10.1 Å². The highest BCUT2D eigenvalue weighted by Crippen LogP contribution is 2.25. The molecule has 5 nitrogen and oxygen atoms in total. The molecule has 0 atom stereocenters. The Balaban J connectivity index is 3.42. The molecule has 0 saturated heterocycles. The predicted molar refractivity (Wildman–Crippen MR) is 45.1 cm³/mol. The Kier molecular flexibility index (Phi) is 2.80. The third kappa shape index (κ3) is 1.87. The molecule has 0 N–H and O–H groups in total. The first-order chi connectivity index (χ1) is 6.43. The summed E-state index contributed by atoms with van der Waals surface area (Å²) in [6.07, 6.45) is 0. The summed E-state index contributed by atoms with van der Waals surface area (Å²) < 4.78 is 12.8. The Labute approximate surface area is 85.4 Å². The molecular weight excluding hydrogens is 261 g/mol. The first kappa shape index (κ1) is 10.6. The van der Waals surface area contributed by atoms with Gasteiger partial charge < -0.3 is 9.90 Å². The number of carbonyl (C=O) groups is 1. The molecule has 0 aliphatic heterocycles. The fraction of sp³-hybridized carbons (Fsp3) is 0. The Morgan fingerprint density at radius 2 is 2.07 bits per heavy atom. The normalized spacial score (nSPS) is 9.86. The van der Waals surface area contributed by atoms with Gasteiger partial charge in [0.15, 0.2) is 0 Å². The smallest absolute Gasteiger partial charge is 0.305 e. The van der Waals surface area contributed by atoms with Crippen molar-refractivity contribution in [1.29, 1.82) is 0 Å². The van der Waals surface area contributed by atoms with E-state index in [1.807, 2.05) is 0 Å². The number of carboxylic acid groups (broad SMARTS) is 1. The summed E-state index contributed by atoms with van der Waals surface area (Å²) in [5, 5.41) is 20.7. The van der Waals surface area contributed by atoms with Gasteiger partial charge in [0.1, 0.15) is 0 Å². The second-order valence-corrected chi connectivity index (χ2v) is 3.18. The molecule has 74 valence electrons. The molecule has 1 aromatic rings. The van der Waals surface area contributed by atoms with Gasteiger partial charge in [-0.25, -0.2) is 0 Å². The molecule has 0 aromatic heterocycles. The van der Waals surface area contributed by atoms with Crippen LogP contribution in [0.5, 0.6) is 0 Å². The Bertz CT molecular complexity index is 385. The van der Waals surface area contributed by atoms with E-state index in [0.717, 1.165) is 0 Å². The van der Waals surface area contributed by atoms with Crippen molar-refractivity contribution in [3.05, 3.63) is 38.1 Å². The lowest BCUT2D eigenvalue weighted by Gasteiger charge is -2.05. The maximum Gasteiger partial charge on any atom is 0.305 e. The van der Waals surface area contributed by atoms with Gasteiger partial charge in [-0.05, 0) is 22.0 Å². The standard InChI is InChI=1S/C7H3BrFNO4/c8-4-2-5(9)6(10(13)14)1-3(4)7(11)12/h1-2H,(H,11,12)/p-1. The molecule has 0 aliphatic rings. The molecule has 0 amide bonds.